The van der Waals surface area contributed by atoms with Crippen molar-refractivity contribution in [1.29, 1.82) is 0 Å². The van der Waals surface area contributed by atoms with Crippen LogP contribution in [-0.2, 0) is 5.92 Å². The van der Waals surface area contributed by atoms with Crippen LogP contribution in [0, 0.1) is 0 Å². The first-order valence-corrected chi connectivity index (χ1v) is 4.22. The fraction of sp³-hybridized carbons (Fsp3) is 0.333. The van der Waals surface area contributed by atoms with Crippen LogP contribution in [0.5, 0.6) is 0 Å². The molecule has 0 radical (unpaired) electrons. The van der Waals surface area contributed by atoms with E-state index in [1.165, 1.54) is 31.3 Å². The van der Waals surface area contributed by atoms with Crippen molar-refractivity contribution < 1.29 is 8.78 Å². The standard InChI is InChI=1S/C9H10ClF2N/c1-13-6-9(11,12)7-2-4-8(10)5-3-7/h2-5,13H,6H2,1H3. The molecule has 0 bridgehead atoms. The van der Waals surface area contributed by atoms with E-state index in [9.17, 15) is 8.78 Å². The van der Waals surface area contributed by atoms with Gasteiger partial charge in [0.25, 0.3) is 5.92 Å². The van der Waals surface area contributed by atoms with Gasteiger partial charge in [-0.05, 0) is 19.2 Å². The molecule has 4 heteroatoms. The molecule has 0 saturated heterocycles. The maximum atomic E-state index is 13.2. The number of nitrogens with one attached hydrogen (secondary N) is 1. The second-order valence-electron chi connectivity index (χ2n) is 2.74. The molecule has 1 N–H and O–H groups in total. The van der Waals surface area contributed by atoms with E-state index in [-0.39, 0.29) is 12.1 Å². The van der Waals surface area contributed by atoms with Gasteiger partial charge in [-0.25, -0.2) is 0 Å². The third-order valence-electron chi connectivity index (χ3n) is 1.67. The maximum absolute atomic E-state index is 13.2. The van der Waals surface area contributed by atoms with Gasteiger partial charge in [-0.3, -0.25) is 0 Å². The van der Waals surface area contributed by atoms with Gasteiger partial charge in [0.1, 0.15) is 0 Å². The molecule has 0 saturated carbocycles. The van der Waals surface area contributed by atoms with E-state index in [0.29, 0.717) is 5.02 Å². The molecule has 1 nitrogen and oxygen atoms in total. The van der Waals surface area contributed by atoms with Gasteiger partial charge in [0.05, 0.1) is 6.54 Å². The molecule has 72 valence electrons. The minimum absolute atomic E-state index is 0.0220. The molecule has 0 unspecified atom stereocenters. The Hall–Kier alpha value is -0.670. The third kappa shape index (κ3) is 2.64. The predicted molar refractivity (Wildman–Crippen MR) is 49.3 cm³/mol. The summed E-state index contributed by atoms with van der Waals surface area (Å²) in [5, 5.41) is 2.90. The number of benzene rings is 1. The van der Waals surface area contributed by atoms with Crippen LogP contribution in [0.2, 0.25) is 5.02 Å². The van der Waals surface area contributed by atoms with Crippen LogP contribution in [0.15, 0.2) is 24.3 Å². The highest BCUT2D eigenvalue weighted by atomic mass is 35.5. The van der Waals surface area contributed by atoms with E-state index in [0.717, 1.165) is 0 Å². The van der Waals surface area contributed by atoms with Crippen LogP contribution in [-0.4, -0.2) is 13.6 Å². The summed E-state index contributed by atoms with van der Waals surface area (Å²) in [4.78, 5) is 0. The summed E-state index contributed by atoms with van der Waals surface area (Å²) >= 11 is 5.58. The Bertz CT molecular complexity index is 271. The van der Waals surface area contributed by atoms with Crippen LogP contribution in [0.25, 0.3) is 0 Å². The first-order chi connectivity index (χ1) is 6.06. The molecule has 0 spiro atoms. The zero-order valence-electron chi connectivity index (χ0n) is 7.15. The van der Waals surface area contributed by atoms with Gasteiger partial charge >= 0.3 is 0 Å². The SMILES string of the molecule is CNCC(F)(F)c1ccc(Cl)cc1. The van der Waals surface area contributed by atoms with E-state index in [2.05, 4.69) is 5.32 Å². The molecule has 0 atom stereocenters. The van der Waals surface area contributed by atoms with Gasteiger partial charge < -0.3 is 5.32 Å². The Labute approximate surface area is 80.7 Å². The van der Waals surface area contributed by atoms with Crippen LogP contribution >= 0.6 is 11.6 Å². The molecule has 0 amide bonds. The van der Waals surface area contributed by atoms with E-state index in [1.807, 2.05) is 0 Å². The molecule has 0 aliphatic carbocycles. The van der Waals surface area contributed by atoms with Crippen molar-refractivity contribution >= 4 is 11.6 Å². The average Bonchev–Trinajstić information content (AvgIpc) is 2.05. The number of alkyl halides is 2. The van der Waals surface area contributed by atoms with E-state index in [1.54, 1.807) is 0 Å². The van der Waals surface area contributed by atoms with E-state index < -0.39 is 5.92 Å². The second kappa shape index (κ2) is 4.03. The van der Waals surface area contributed by atoms with Crippen LogP contribution in [0.1, 0.15) is 5.56 Å². The highest BCUT2D eigenvalue weighted by Gasteiger charge is 2.29. The Kier molecular flexibility index (Phi) is 3.22. The van der Waals surface area contributed by atoms with Crippen molar-refractivity contribution in [2.45, 2.75) is 5.92 Å². The average molecular weight is 206 g/mol. The van der Waals surface area contributed by atoms with Crippen molar-refractivity contribution in [3.8, 4) is 0 Å². The number of likely N-dealkylation sites (N-methyl/N-ethyl adjacent to an activating group) is 1. The molecule has 0 aromatic heterocycles. The molecule has 1 aromatic rings. The summed E-state index contributed by atoms with van der Waals surface area (Å²) in [5.74, 6) is -2.83. The van der Waals surface area contributed by atoms with Crippen molar-refractivity contribution in [2.24, 2.45) is 0 Å². The first kappa shape index (κ1) is 10.4. The lowest BCUT2D eigenvalue weighted by atomic mass is 10.1. The largest absolute Gasteiger partial charge is 0.314 e. The van der Waals surface area contributed by atoms with Crippen molar-refractivity contribution in [1.82, 2.24) is 5.32 Å². The molecule has 0 aliphatic heterocycles. The van der Waals surface area contributed by atoms with Gasteiger partial charge in [-0.2, -0.15) is 8.78 Å². The Morgan fingerprint density at radius 1 is 1.31 bits per heavy atom. The monoisotopic (exact) mass is 205 g/mol. The quantitative estimate of drug-likeness (QED) is 0.800. The number of hydrogen-bond donors (Lipinski definition) is 1. The Balaban J connectivity index is 2.87. The van der Waals surface area contributed by atoms with Crippen molar-refractivity contribution in [3.05, 3.63) is 34.9 Å². The summed E-state index contributed by atoms with van der Waals surface area (Å²) < 4.78 is 26.4. The zero-order valence-corrected chi connectivity index (χ0v) is 7.91. The lowest BCUT2D eigenvalue weighted by Crippen LogP contribution is -2.27. The van der Waals surface area contributed by atoms with Crippen LogP contribution in [0.4, 0.5) is 8.78 Å². The van der Waals surface area contributed by atoms with Gasteiger partial charge in [0.15, 0.2) is 0 Å². The molecule has 13 heavy (non-hydrogen) atoms. The summed E-state index contributed by atoms with van der Waals surface area (Å²) in [6.45, 7) is -0.366. The highest BCUT2D eigenvalue weighted by molar-refractivity contribution is 6.30. The highest BCUT2D eigenvalue weighted by Crippen LogP contribution is 2.27. The number of halogens is 3. The Morgan fingerprint density at radius 2 is 1.85 bits per heavy atom. The summed E-state index contributed by atoms with van der Waals surface area (Å²) in [5.41, 5.74) is -0.0220. The molecule has 1 aromatic carbocycles. The van der Waals surface area contributed by atoms with Gasteiger partial charge in [-0.15, -0.1) is 0 Å². The molecular weight excluding hydrogens is 196 g/mol. The van der Waals surface area contributed by atoms with Crippen molar-refractivity contribution in [3.63, 3.8) is 0 Å². The van der Waals surface area contributed by atoms with Crippen LogP contribution in [0.3, 0.4) is 0 Å². The van der Waals surface area contributed by atoms with Crippen LogP contribution < -0.4 is 5.32 Å². The fourth-order valence-electron chi connectivity index (χ4n) is 1.02. The lowest BCUT2D eigenvalue weighted by molar-refractivity contribution is -0.00124. The lowest BCUT2D eigenvalue weighted by Gasteiger charge is -2.15. The smallest absolute Gasteiger partial charge is 0.285 e. The maximum Gasteiger partial charge on any atom is 0.285 e. The third-order valence-corrected chi connectivity index (χ3v) is 1.92. The molecular formula is C9H10ClF2N. The predicted octanol–water partition coefficient (Wildman–Crippen LogP) is 2.65. The van der Waals surface area contributed by atoms with E-state index in [4.69, 9.17) is 11.6 Å². The number of hydrogen-bond acceptors (Lipinski definition) is 1. The normalized spacial score (nSPS) is 11.7. The molecule has 0 aliphatic rings. The Morgan fingerprint density at radius 3 is 2.31 bits per heavy atom. The number of rotatable bonds is 3. The summed E-state index contributed by atoms with van der Waals surface area (Å²) in [6, 6.07) is 5.58. The van der Waals surface area contributed by atoms with Gasteiger partial charge in [-0.1, -0.05) is 23.7 Å². The molecule has 1 rings (SSSR count). The molecule has 0 fully saturated rings. The minimum atomic E-state index is -2.83. The van der Waals surface area contributed by atoms with Gasteiger partial charge in [0.2, 0.25) is 0 Å². The summed E-state index contributed by atoms with van der Waals surface area (Å²) in [7, 11) is 1.49. The molecule has 0 heterocycles. The topological polar surface area (TPSA) is 12.0 Å². The van der Waals surface area contributed by atoms with Gasteiger partial charge in [0, 0.05) is 10.6 Å². The summed E-state index contributed by atoms with van der Waals surface area (Å²) in [6.07, 6.45) is 0. The van der Waals surface area contributed by atoms with E-state index >= 15 is 0 Å². The fourth-order valence-corrected chi connectivity index (χ4v) is 1.14. The minimum Gasteiger partial charge on any atom is -0.314 e. The first-order valence-electron chi connectivity index (χ1n) is 3.85. The van der Waals surface area contributed by atoms with Crippen molar-refractivity contribution in [2.75, 3.05) is 13.6 Å². The zero-order chi connectivity index (χ0) is 9.90. The second-order valence-corrected chi connectivity index (χ2v) is 3.18.